The number of pyridine rings is 1. The molecule has 1 amide bonds. The van der Waals surface area contributed by atoms with Gasteiger partial charge in [-0.2, -0.15) is 0 Å². The molecule has 104 valence electrons. The summed E-state index contributed by atoms with van der Waals surface area (Å²) >= 11 is 9.01. The largest absolute Gasteiger partial charge is 0.324 e. The fourth-order valence-electron chi connectivity index (χ4n) is 1.48. The number of hydrogen-bond donors (Lipinski definition) is 1. The lowest BCUT2D eigenvalue weighted by molar-refractivity contribution is -0.113. The van der Waals surface area contributed by atoms with Gasteiger partial charge in [-0.1, -0.05) is 23.7 Å². The molecule has 0 unspecified atom stereocenters. The number of thioether (sulfide) groups is 2. The number of carbonyl (C=O) groups excluding carboxylic acids is 1. The predicted octanol–water partition coefficient (Wildman–Crippen LogP) is 4.19. The Labute approximate surface area is 131 Å². The van der Waals surface area contributed by atoms with Gasteiger partial charge >= 0.3 is 0 Å². The van der Waals surface area contributed by atoms with Crippen LogP contribution in [0.3, 0.4) is 0 Å². The van der Waals surface area contributed by atoms with Crippen molar-refractivity contribution >= 4 is 46.7 Å². The second-order valence-electron chi connectivity index (χ2n) is 3.86. The SMILES string of the molecule is CSc1ccc(NC(=O)CSc2ccccc2Cl)cn1. The topological polar surface area (TPSA) is 42.0 Å². The Kier molecular flexibility index (Phi) is 5.76. The lowest BCUT2D eigenvalue weighted by Gasteiger charge is -2.06. The summed E-state index contributed by atoms with van der Waals surface area (Å²) in [6.07, 6.45) is 3.62. The van der Waals surface area contributed by atoms with Gasteiger partial charge in [0, 0.05) is 4.90 Å². The van der Waals surface area contributed by atoms with Crippen molar-refractivity contribution in [2.75, 3.05) is 17.3 Å². The maximum absolute atomic E-state index is 11.8. The molecule has 2 rings (SSSR count). The van der Waals surface area contributed by atoms with Crippen LogP contribution in [0.25, 0.3) is 0 Å². The third-order valence-electron chi connectivity index (χ3n) is 2.42. The molecule has 0 radical (unpaired) electrons. The Morgan fingerprint density at radius 2 is 2.10 bits per heavy atom. The number of anilines is 1. The number of nitrogens with zero attached hydrogens (tertiary/aromatic N) is 1. The van der Waals surface area contributed by atoms with E-state index in [2.05, 4.69) is 10.3 Å². The van der Waals surface area contributed by atoms with E-state index in [1.807, 2.05) is 42.7 Å². The molecule has 0 aliphatic carbocycles. The van der Waals surface area contributed by atoms with Crippen LogP contribution >= 0.6 is 35.1 Å². The normalized spacial score (nSPS) is 10.3. The van der Waals surface area contributed by atoms with Crippen molar-refractivity contribution in [1.29, 1.82) is 0 Å². The first-order valence-electron chi connectivity index (χ1n) is 5.86. The second-order valence-corrected chi connectivity index (χ2v) is 6.11. The molecule has 6 heteroatoms. The van der Waals surface area contributed by atoms with Gasteiger partial charge in [0.15, 0.2) is 0 Å². The molecule has 0 spiro atoms. The number of amides is 1. The van der Waals surface area contributed by atoms with Gasteiger partial charge in [0.25, 0.3) is 0 Å². The van der Waals surface area contributed by atoms with Crippen molar-refractivity contribution in [3.63, 3.8) is 0 Å². The molecule has 1 aromatic carbocycles. The van der Waals surface area contributed by atoms with Crippen molar-refractivity contribution < 1.29 is 4.79 Å². The average Bonchev–Trinajstić information content (AvgIpc) is 2.47. The van der Waals surface area contributed by atoms with Gasteiger partial charge in [-0.15, -0.1) is 23.5 Å². The molecule has 0 aliphatic rings. The smallest absolute Gasteiger partial charge is 0.234 e. The van der Waals surface area contributed by atoms with Crippen LogP contribution < -0.4 is 5.32 Å². The van der Waals surface area contributed by atoms with Gasteiger partial charge < -0.3 is 5.32 Å². The number of halogens is 1. The maximum Gasteiger partial charge on any atom is 0.234 e. The number of rotatable bonds is 5. The summed E-state index contributed by atoms with van der Waals surface area (Å²) in [5.74, 6) is 0.238. The quantitative estimate of drug-likeness (QED) is 0.837. The summed E-state index contributed by atoms with van der Waals surface area (Å²) in [5.41, 5.74) is 0.701. The van der Waals surface area contributed by atoms with Crippen LogP contribution in [0.4, 0.5) is 5.69 Å². The minimum Gasteiger partial charge on any atom is -0.324 e. The number of benzene rings is 1. The Bertz CT molecular complexity index is 590. The molecule has 0 saturated carbocycles. The Hall–Kier alpha value is -1.17. The first-order chi connectivity index (χ1) is 9.69. The zero-order chi connectivity index (χ0) is 14.4. The van der Waals surface area contributed by atoms with E-state index in [1.165, 1.54) is 11.8 Å². The zero-order valence-electron chi connectivity index (χ0n) is 10.8. The summed E-state index contributed by atoms with van der Waals surface area (Å²) in [7, 11) is 0. The van der Waals surface area contributed by atoms with E-state index in [-0.39, 0.29) is 5.91 Å². The van der Waals surface area contributed by atoms with E-state index in [0.717, 1.165) is 9.92 Å². The molecule has 2 aromatic rings. The van der Waals surface area contributed by atoms with Crippen LogP contribution in [0, 0.1) is 0 Å². The molecule has 0 fully saturated rings. The van der Waals surface area contributed by atoms with Crippen molar-refractivity contribution in [2.24, 2.45) is 0 Å². The number of carbonyl (C=O) groups is 1. The summed E-state index contributed by atoms with van der Waals surface area (Å²) < 4.78 is 0. The fraction of sp³-hybridized carbons (Fsp3) is 0.143. The summed E-state index contributed by atoms with van der Waals surface area (Å²) in [6.45, 7) is 0. The van der Waals surface area contributed by atoms with Crippen LogP contribution in [0.5, 0.6) is 0 Å². The van der Waals surface area contributed by atoms with Crippen LogP contribution in [0.2, 0.25) is 5.02 Å². The summed E-state index contributed by atoms with van der Waals surface area (Å²) in [6, 6.07) is 11.2. The van der Waals surface area contributed by atoms with Crippen molar-refractivity contribution in [3.05, 3.63) is 47.6 Å². The lowest BCUT2D eigenvalue weighted by Crippen LogP contribution is -2.14. The number of hydrogen-bond acceptors (Lipinski definition) is 4. The summed E-state index contributed by atoms with van der Waals surface area (Å²) in [5, 5.41) is 4.40. The van der Waals surface area contributed by atoms with Crippen molar-refractivity contribution in [1.82, 2.24) is 4.98 Å². The van der Waals surface area contributed by atoms with Crippen LogP contribution in [0.1, 0.15) is 0 Å². The van der Waals surface area contributed by atoms with Gasteiger partial charge in [0.1, 0.15) is 0 Å². The molecular weight excluding hydrogens is 312 g/mol. The standard InChI is InChI=1S/C14H13ClN2OS2/c1-19-14-7-6-10(8-16-14)17-13(18)9-20-12-5-3-2-4-11(12)15/h2-8H,9H2,1H3,(H,17,18). The van der Waals surface area contributed by atoms with Gasteiger partial charge in [-0.05, 0) is 30.5 Å². The second kappa shape index (κ2) is 7.57. The lowest BCUT2D eigenvalue weighted by atomic mass is 10.4. The van der Waals surface area contributed by atoms with Crippen molar-refractivity contribution in [2.45, 2.75) is 9.92 Å². The highest BCUT2D eigenvalue weighted by molar-refractivity contribution is 8.00. The van der Waals surface area contributed by atoms with E-state index in [4.69, 9.17) is 11.6 Å². The Morgan fingerprint density at radius 1 is 1.30 bits per heavy atom. The third-order valence-corrected chi connectivity index (χ3v) is 4.60. The van der Waals surface area contributed by atoms with Crippen LogP contribution in [0.15, 0.2) is 52.5 Å². The van der Waals surface area contributed by atoms with E-state index >= 15 is 0 Å². The van der Waals surface area contributed by atoms with E-state index in [9.17, 15) is 4.79 Å². The highest BCUT2D eigenvalue weighted by Crippen LogP contribution is 2.26. The molecular formula is C14H13ClN2OS2. The average molecular weight is 325 g/mol. The molecule has 0 bridgehead atoms. The molecule has 0 aliphatic heterocycles. The molecule has 0 saturated heterocycles. The van der Waals surface area contributed by atoms with Gasteiger partial charge in [0.2, 0.25) is 5.91 Å². The van der Waals surface area contributed by atoms with Gasteiger partial charge in [0.05, 0.1) is 27.7 Å². The zero-order valence-corrected chi connectivity index (χ0v) is 13.2. The summed E-state index contributed by atoms with van der Waals surface area (Å²) in [4.78, 5) is 16.9. The first kappa shape index (κ1) is 15.2. The molecule has 0 atom stereocenters. The van der Waals surface area contributed by atoms with E-state index < -0.39 is 0 Å². The molecule has 20 heavy (non-hydrogen) atoms. The Balaban J connectivity index is 1.87. The highest BCUT2D eigenvalue weighted by Gasteiger charge is 2.06. The third kappa shape index (κ3) is 4.44. The predicted molar refractivity (Wildman–Crippen MR) is 86.8 cm³/mol. The maximum atomic E-state index is 11.8. The molecule has 1 aromatic heterocycles. The van der Waals surface area contributed by atoms with Crippen LogP contribution in [-0.2, 0) is 4.79 Å². The fourth-order valence-corrected chi connectivity index (χ4v) is 2.88. The van der Waals surface area contributed by atoms with Gasteiger partial charge in [-0.3, -0.25) is 4.79 Å². The minimum absolute atomic E-state index is 0.0754. The molecule has 1 heterocycles. The Morgan fingerprint density at radius 3 is 2.75 bits per heavy atom. The first-order valence-corrected chi connectivity index (χ1v) is 8.45. The number of aromatic nitrogens is 1. The minimum atomic E-state index is -0.0754. The highest BCUT2D eigenvalue weighted by atomic mass is 35.5. The van der Waals surface area contributed by atoms with Crippen LogP contribution in [-0.4, -0.2) is 22.9 Å². The number of nitrogens with one attached hydrogen (secondary N) is 1. The van der Waals surface area contributed by atoms with Crippen molar-refractivity contribution in [3.8, 4) is 0 Å². The van der Waals surface area contributed by atoms with Gasteiger partial charge in [-0.25, -0.2) is 4.98 Å². The van der Waals surface area contributed by atoms with E-state index in [0.29, 0.717) is 16.5 Å². The monoisotopic (exact) mass is 324 g/mol. The molecule has 1 N–H and O–H groups in total. The van der Waals surface area contributed by atoms with E-state index in [1.54, 1.807) is 18.0 Å². The molecule has 3 nitrogen and oxygen atoms in total.